The predicted octanol–water partition coefficient (Wildman–Crippen LogP) is 5.43. The van der Waals surface area contributed by atoms with Crippen LogP contribution in [-0.4, -0.2) is 21.7 Å². The monoisotopic (exact) mass is 393 g/mol. The molecule has 1 aliphatic carbocycles. The number of ether oxygens (including phenoxy) is 1. The van der Waals surface area contributed by atoms with Crippen molar-refractivity contribution in [1.29, 1.82) is 0 Å². The maximum atomic E-state index is 12.9. The van der Waals surface area contributed by atoms with Gasteiger partial charge in [0.15, 0.2) is 11.6 Å². The van der Waals surface area contributed by atoms with Gasteiger partial charge in [-0.05, 0) is 42.8 Å². The molecule has 4 rings (SSSR count). The molecular formula is C22H16ClNO4. The number of hydrogen-bond acceptors (Lipinski definition) is 5. The van der Waals surface area contributed by atoms with Crippen LogP contribution < -0.4 is 4.74 Å². The Bertz CT molecular complexity index is 1140. The minimum Gasteiger partial charge on any atom is -0.511 e. The molecule has 3 aromatic rings. The first-order valence-electron chi connectivity index (χ1n) is 8.86. The summed E-state index contributed by atoms with van der Waals surface area (Å²) >= 11 is 6.17. The largest absolute Gasteiger partial charge is 0.511 e. The zero-order valence-corrected chi connectivity index (χ0v) is 15.6. The highest BCUT2D eigenvalue weighted by molar-refractivity contribution is 6.32. The number of pyridine rings is 1. The number of halogens is 1. The Morgan fingerprint density at radius 2 is 1.89 bits per heavy atom. The Kier molecular flexibility index (Phi) is 4.84. The van der Waals surface area contributed by atoms with Gasteiger partial charge in [-0.2, -0.15) is 0 Å². The van der Waals surface area contributed by atoms with Gasteiger partial charge in [0.1, 0.15) is 22.8 Å². The van der Waals surface area contributed by atoms with Crippen molar-refractivity contribution in [2.45, 2.75) is 19.3 Å². The van der Waals surface area contributed by atoms with Crippen molar-refractivity contribution in [1.82, 2.24) is 4.98 Å². The fourth-order valence-corrected chi connectivity index (χ4v) is 3.40. The average molecular weight is 394 g/mol. The van der Waals surface area contributed by atoms with Gasteiger partial charge in [-0.3, -0.25) is 14.6 Å². The lowest BCUT2D eigenvalue weighted by molar-refractivity contribution is -0.116. The molecular weight excluding hydrogens is 378 g/mol. The number of allylic oxidation sites excluding steroid dienone is 2. The number of carbonyl (C=O) groups excluding carboxylic acids is 2. The summed E-state index contributed by atoms with van der Waals surface area (Å²) in [6, 6.07) is 13.7. The lowest BCUT2D eigenvalue weighted by Gasteiger charge is -2.15. The van der Waals surface area contributed by atoms with E-state index in [1.807, 2.05) is 6.07 Å². The van der Waals surface area contributed by atoms with Gasteiger partial charge in [-0.25, -0.2) is 0 Å². The van der Waals surface area contributed by atoms with Gasteiger partial charge in [0.05, 0.1) is 10.5 Å². The second-order valence-electron chi connectivity index (χ2n) is 6.50. The number of aliphatic hydroxyl groups excluding tert-OH is 1. The summed E-state index contributed by atoms with van der Waals surface area (Å²) in [5.41, 5.74) is 0.804. The van der Waals surface area contributed by atoms with Crippen LogP contribution in [0, 0.1) is 0 Å². The highest BCUT2D eigenvalue weighted by Gasteiger charge is 2.27. The minimum absolute atomic E-state index is 0.122. The lowest BCUT2D eigenvalue weighted by Crippen LogP contribution is -2.19. The van der Waals surface area contributed by atoms with Crippen LogP contribution in [0.15, 0.2) is 66.1 Å². The van der Waals surface area contributed by atoms with Crippen molar-refractivity contribution in [2.24, 2.45) is 0 Å². The van der Waals surface area contributed by atoms with E-state index >= 15 is 0 Å². The maximum absolute atomic E-state index is 12.9. The summed E-state index contributed by atoms with van der Waals surface area (Å²) < 4.78 is 5.93. The van der Waals surface area contributed by atoms with E-state index in [0.29, 0.717) is 45.8 Å². The van der Waals surface area contributed by atoms with Crippen LogP contribution in [0.2, 0.25) is 5.02 Å². The zero-order chi connectivity index (χ0) is 19.7. The van der Waals surface area contributed by atoms with E-state index < -0.39 is 5.78 Å². The van der Waals surface area contributed by atoms with Crippen molar-refractivity contribution < 1.29 is 19.4 Å². The van der Waals surface area contributed by atoms with E-state index in [0.717, 1.165) is 0 Å². The van der Waals surface area contributed by atoms with Crippen molar-refractivity contribution in [2.75, 3.05) is 0 Å². The minimum atomic E-state index is -0.489. The fraction of sp³-hybridized carbons (Fsp3) is 0.136. The molecule has 0 aliphatic heterocycles. The first-order valence-corrected chi connectivity index (χ1v) is 9.23. The number of benzene rings is 2. The number of nitrogens with zero attached hydrogens (tertiary/aromatic N) is 1. The molecule has 0 radical (unpaired) electrons. The van der Waals surface area contributed by atoms with Crippen molar-refractivity contribution in [3.63, 3.8) is 0 Å². The van der Waals surface area contributed by atoms with Crippen LogP contribution in [0.25, 0.3) is 10.9 Å². The predicted molar refractivity (Wildman–Crippen MR) is 106 cm³/mol. The number of aromatic nitrogens is 1. The van der Waals surface area contributed by atoms with Crippen molar-refractivity contribution in [3.05, 3.63) is 76.6 Å². The Morgan fingerprint density at radius 3 is 2.68 bits per heavy atom. The topological polar surface area (TPSA) is 76.5 Å². The number of fused-ring (bicyclic) bond motifs is 1. The number of carbonyl (C=O) groups is 2. The molecule has 0 saturated carbocycles. The van der Waals surface area contributed by atoms with E-state index in [1.165, 1.54) is 0 Å². The third-order valence-corrected chi connectivity index (χ3v) is 4.94. The molecule has 1 heterocycles. The molecule has 0 spiro atoms. The summed E-state index contributed by atoms with van der Waals surface area (Å²) in [6.07, 6.45) is 2.76. The second kappa shape index (κ2) is 7.44. The smallest absolute Gasteiger partial charge is 0.200 e. The van der Waals surface area contributed by atoms with E-state index in [4.69, 9.17) is 16.3 Å². The van der Waals surface area contributed by atoms with Gasteiger partial charge < -0.3 is 9.84 Å². The molecule has 0 saturated heterocycles. The SMILES string of the molecule is O=C1CCCC(O)=C1C(=O)c1ccc2nccc(Oc3ccccc3Cl)c2c1. The Balaban J connectivity index is 1.77. The molecule has 0 unspecified atom stereocenters. The average Bonchev–Trinajstić information content (AvgIpc) is 2.69. The maximum Gasteiger partial charge on any atom is 0.200 e. The van der Waals surface area contributed by atoms with Crippen LogP contribution in [0.3, 0.4) is 0 Å². The normalized spacial score (nSPS) is 14.4. The summed E-state index contributed by atoms with van der Waals surface area (Å²) in [7, 11) is 0. The molecule has 1 aliphatic rings. The number of hydrogen-bond donors (Lipinski definition) is 1. The van der Waals surface area contributed by atoms with Crippen molar-refractivity contribution >= 4 is 34.1 Å². The van der Waals surface area contributed by atoms with Gasteiger partial charge in [-0.1, -0.05) is 23.7 Å². The summed E-state index contributed by atoms with van der Waals surface area (Å²) in [4.78, 5) is 29.3. The lowest BCUT2D eigenvalue weighted by atomic mass is 9.90. The molecule has 1 N–H and O–H groups in total. The number of Topliss-reactive ketones (excluding diaryl/α,β-unsaturated/α-hetero) is 2. The van der Waals surface area contributed by atoms with Crippen molar-refractivity contribution in [3.8, 4) is 11.5 Å². The molecule has 0 bridgehead atoms. The quantitative estimate of drug-likeness (QED) is 0.472. The van der Waals surface area contributed by atoms with Gasteiger partial charge in [0.25, 0.3) is 0 Å². The van der Waals surface area contributed by atoms with Crippen LogP contribution in [0.4, 0.5) is 0 Å². The number of ketones is 2. The Labute approximate surface area is 166 Å². The van der Waals surface area contributed by atoms with Gasteiger partial charge in [0.2, 0.25) is 0 Å². The highest BCUT2D eigenvalue weighted by atomic mass is 35.5. The van der Waals surface area contributed by atoms with E-state index in [1.54, 1.807) is 48.7 Å². The summed E-state index contributed by atoms with van der Waals surface area (Å²) in [5.74, 6) is 0.0152. The third kappa shape index (κ3) is 3.37. The third-order valence-electron chi connectivity index (χ3n) is 4.63. The number of para-hydroxylation sites is 1. The second-order valence-corrected chi connectivity index (χ2v) is 6.91. The van der Waals surface area contributed by atoms with Gasteiger partial charge in [0, 0.05) is 30.0 Å². The summed E-state index contributed by atoms with van der Waals surface area (Å²) in [5, 5.41) is 11.1. The zero-order valence-electron chi connectivity index (χ0n) is 14.8. The van der Waals surface area contributed by atoms with Crippen LogP contribution >= 0.6 is 11.6 Å². The molecule has 2 aromatic carbocycles. The molecule has 28 heavy (non-hydrogen) atoms. The van der Waals surface area contributed by atoms with E-state index in [9.17, 15) is 14.7 Å². The van der Waals surface area contributed by atoms with Crippen LogP contribution in [0.1, 0.15) is 29.6 Å². The Hall–Kier alpha value is -3.18. The molecule has 0 amide bonds. The summed E-state index contributed by atoms with van der Waals surface area (Å²) in [6.45, 7) is 0. The van der Waals surface area contributed by atoms with E-state index in [2.05, 4.69) is 4.98 Å². The fourth-order valence-electron chi connectivity index (χ4n) is 3.23. The first kappa shape index (κ1) is 18.2. The Morgan fingerprint density at radius 1 is 1.07 bits per heavy atom. The molecule has 140 valence electrons. The number of rotatable bonds is 4. The molecule has 6 heteroatoms. The molecule has 5 nitrogen and oxygen atoms in total. The molecule has 0 atom stereocenters. The van der Waals surface area contributed by atoms with Gasteiger partial charge >= 0.3 is 0 Å². The van der Waals surface area contributed by atoms with Crippen LogP contribution in [-0.2, 0) is 4.79 Å². The standard InChI is InChI=1S/C22H16ClNO4/c23-15-4-1-2-7-20(15)28-19-10-11-24-16-9-8-13(12-14(16)19)22(27)21-17(25)5-3-6-18(21)26/h1-2,4,7-12,25H,3,5-6H2. The van der Waals surface area contributed by atoms with Crippen LogP contribution in [0.5, 0.6) is 11.5 Å². The number of aliphatic hydroxyl groups is 1. The molecule has 0 fully saturated rings. The highest BCUT2D eigenvalue weighted by Crippen LogP contribution is 2.34. The van der Waals surface area contributed by atoms with Gasteiger partial charge in [-0.15, -0.1) is 0 Å². The first-order chi connectivity index (χ1) is 13.5. The molecule has 1 aromatic heterocycles. The van der Waals surface area contributed by atoms with E-state index in [-0.39, 0.29) is 23.5 Å².